The third kappa shape index (κ3) is 3.52. The quantitative estimate of drug-likeness (QED) is 0.913. The van der Waals surface area contributed by atoms with Gasteiger partial charge in [0.25, 0.3) is 0 Å². The normalized spacial score (nSPS) is 20.5. The minimum Gasteiger partial charge on any atom is -0.504 e. The van der Waals surface area contributed by atoms with Crippen LogP contribution in [0.4, 0.5) is 0 Å². The van der Waals surface area contributed by atoms with E-state index in [1.54, 1.807) is 12.3 Å². The van der Waals surface area contributed by atoms with Crippen LogP contribution >= 0.6 is 0 Å². The molecule has 6 nitrogen and oxygen atoms in total. The van der Waals surface area contributed by atoms with Crippen molar-refractivity contribution in [1.82, 2.24) is 14.9 Å². The second kappa shape index (κ2) is 7.21. The molecule has 3 heterocycles. The molecule has 1 saturated heterocycles. The highest BCUT2D eigenvalue weighted by atomic mass is 16.5. The summed E-state index contributed by atoms with van der Waals surface area (Å²) in [5, 5.41) is 10.5. The Morgan fingerprint density at radius 1 is 1.27 bits per heavy atom. The van der Waals surface area contributed by atoms with Crippen LogP contribution in [0.3, 0.4) is 0 Å². The number of ether oxygens (including phenoxy) is 2. The van der Waals surface area contributed by atoms with Crippen molar-refractivity contribution in [3.63, 3.8) is 0 Å². The van der Waals surface area contributed by atoms with Crippen molar-refractivity contribution in [2.75, 3.05) is 26.3 Å². The monoisotopic (exact) mass is 355 g/mol. The van der Waals surface area contributed by atoms with Crippen molar-refractivity contribution in [2.24, 2.45) is 0 Å². The first-order valence-corrected chi connectivity index (χ1v) is 9.23. The second-order valence-corrected chi connectivity index (χ2v) is 7.15. The first-order chi connectivity index (χ1) is 12.6. The first kappa shape index (κ1) is 17.2. The Morgan fingerprint density at radius 3 is 2.96 bits per heavy atom. The van der Waals surface area contributed by atoms with Crippen LogP contribution in [0.2, 0.25) is 0 Å². The van der Waals surface area contributed by atoms with Gasteiger partial charge in [-0.3, -0.25) is 9.88 Å². The van der Waals surface area contributed by atoms with Crippen LogP contribution in [0.25, 0.3) is 11.3 Å². The number of aromatic nitrogens is 2. The van der Waals surface area contributed by atoms with Crippen LogP contribution in [-0.4, -0.2) is 52.4 Å². The SMILES string of the molecule is Cc1cnc(C)c(-c2cc(O)c3c(c2)CN(CC2CCCO2)CCO3)n1. The largest absolute Gasteiger partial charge is 0.504 e. The minimum absolute atomic E-state index is 0.166. The standard InChI is InChI=1S/C20H25N3O3/c1-13-10-21-14(2)19(22-13)15-8-16-11-23(12-17-4-3-6-25-17)5-7-26-20(16)18(24)9-15/h8-10,17,24H,3-7,11-12H2,1-2H3. The van der Waals surface area contributed by atoms with Crippen molar-refractivity contribution >= 4 is 0 Å². The topological polar surface area (TPSA) is 67.7 Å². The Balaban J connectivity index is 1.65. The molecule has 2 aromatic rings. The Labute approximate surface area is 153 Å². The van der Waals surface area contributed by atoms with Gasteiger partial charge in [-0.2, -0.15) is 0 Å². The van der Waals surface area contributed by atoms with Gasteiger partial charge in [-0.15, -0.1) is 0 Å². The van der Waals surface area contributed by atoms with Crippen LogP contribution < -0.4 is 4.74 Å². The molecule has 138 valence electrons. The molecule has 4 rings (SSSR count). The molecular weight excluding hydrogens is 330 g/mol. The zero-order valence-corrected chi connectivity index (χ0v) is 15.4. The fraction of sp³-hybridized carbons (Fsp3) is 0.500. The molecule has 2 aliphatic rings. The first-order valence-electron chi connectivity index (χ1n) is 9.23. The smallest absolute Gasteiger partial charge is 0.165 e. The summed E-state index contributed by atoms with van der Waals surface area (Å²) in [7, 11) is 0. The lowest BCUT2D eigenvalue weighted by atomic mass is 10.0. The molecule has 2 aliphatic heterocycles. The van der Waals surface area contributed by atoms with E-state index in [0.29, 0.717) is 18.5 Å². The average molecular weight is 355 g/mol. The van der Waals surface area contributed by atoms with Crippen molar-refractivity contribution in [3.8, 4) is 22.8 Å². The summed E-state index contributed by atoms with van der Waals surface area (Å²) in [6.45, 7) is 7.74. The summed E-state index contributed by atoms with van der Waals surface area (Å²) in [6.07, 6.45) is 4.32. The molecular formula is C20H25N3O3. The number of fused-ring (bicyclic) bond motifs is 1. The zero-order valence-electron chi connectivity index (χ0n) is 15.4. The molecule has 0 radical (unpaired) electrons. The number of hydrogen-bond acceptors (Lipinski definition) is 6. The summed E-state index contributed by atoms with van der Waals surface area (Å²) < 4.78 is 11.6. The van der Waals surface area contributed by atoms with Crippen LogP contribution in [0, 0.1) is 13.8 Å². The predicted molar refractivity (Wildman–Crippen MR) is 98.4 cm³/mol. The lowest BCUT2D eigenvalue weighted by Gasteiger charge is -2.22. The Bertz CT molecular complexity index is 803. The van der Waals surface area contributed by atoms with E-state index in [0.717, 1.165) is 67.3 Å². The van der Waals surface area contributed by atoms with Gasteiger partial charge < -0.3 is 14.6 Å². The molecule has 0 spiro atoms. The highest BCUT2D eigenvalue weighted by molar-refractivity contribution is 5.67. The van der Waals surface area contributed by atoms with E-state index in [1.807, 2.05) is 13.8 Å². The summed E-state index contributed by atoms with van der Waals surface area (Å²) in [4.78, 5) is 11.4. The summed E-state index contributed by atoms with van der Waals surface area (Å²) >= 11 is 0. The van der Waals surface area contributed by atoms with Gasteiger partial charge in [0.2, 0.25) is 0 Å². The molecule has 0 aliphatic carbocycles. The number of phenols is 1. The highest BCUT2D eigenvalue weighted by Crippen LogP contribution is 2.37. The maximum atomic E-state index is 10.5. The van der Waals surface area contributed by atoms with E-state index in [4.69, 9.17) is 9.47 Å². The fourth-order valence-corrected chi connectivity index (χ4v) is 3.73. The predicted octanol–water partition coefficient (Wildman–Crippen LogP) is 2.84. The number of hydrogen-bond donors (Lipinski definition) is 1. The maximum Gasteiger partial charge on any atom is 0.165 e. The lowest BCUT2D eigenvalue weighted by molar-refractivity contribution is 0.0687. The molecule has 1 unspecified atom stereocenters. The zero-order chi connectivity index (χ0) is 18.1. The van der Waals surface area contributed by atoms with Crippen LogP contribution in [-0.2, 0) is 11.3 Å². The molecule has 0 amide bonds. The van der Waals surface area contributed by atoms with Gasteiger partial charge in [0.15, 0.2) is 11.5 Å². The van der Waals surface area contributed by atoms with Gasteiger partial charge in [-0.25, -0.2) is 4.98 Å². The average Bonchev–Trinajstić information content (AvgIpc) is 3.03. The third-order valence-electron chi connectivity index (χ3n) is 5.03. The van der Waals surface area contributed by atoms with Crippen molar-refractivity contribution < 1.29 is 14.6 Å². The Hall–Kier alpha value is -2.18. The van der Waals surface area contributed by atoms with Gasteiger partial charge in [0.1, 0.15) is 6.61 Å². The van der Waals surface area contributed by atoms with E-state index >= 15 is 0 Å². The molecule has 0 bridgehead atoms. The molecule has 1 aromatic carbocycles. The van der Waals surface area contributed by atoms with E-state index in [2.05, 4.69) is 20.9 Å². The molecule has 0 saturated carbocycles. The number of phenolic OH excluding ortho intramolecular Hbond substituents is 1. The molecule has 26 heavy (non-hydrogen) atoms. The second-order valence-electron chi connectivity index (χ2n) is 7.15. The van der Waals surface area contributed by atoms with Crippen LogP contribution in [0.5, 0.6) is 11.5 Å². The number of aromatic hydroxyl groups is 1. The van der Waals surface area contributed by atoms with Crippen molar-refractivity contribution in [1.29, 1.82) is 0 Å². The molecule has 1 N–H and O–H groups in total. The summed E-state index contributed by atoms with van der Waals surface area (Å²) in [6, 6.07) is 3.80. The van der Waals surface area contributed by atoms with Crippen molar-refractivity contribution in [2.45, 2.75) is 39.3 Å². The number of aryl methyl sites for hydroxylation is 2. The van der Waals surface area contributed by atoms with Crippen LogP contribution in [0.1, 0.15) is 29.8 Å². The van der Waals surface area contributed by atoms with E-state index in [9.17, 15) is 5.11 Å². The van der Waals surface area contributed by atoms with Gasteiger partial charge in [0, 0.05) is 43.6 Å². The molecule has 1 aromatic heterocycles. The third-order valence-corrected chi connectivity index (χ3v) is 5.03. The molecule has 1 atom stereocenters. The van der Waals surface area contributed by atoms with Gasteiger partial charge >= 0.3 is 0 Å². The fourth-order valence-electron chi connectivity index (χ4n) is 3.73. The summed E-state index contributed by atoms with van der Waals surface area (Å²) in [5.74, 6) is 0.751. The number of rotatable bonds is 3. The Morgan fingerprint density at radius 2 is 2.15 bits per heavy atom. The van der Waals surface area contributed by atoms with Gasteiger partial charge in [0.05, 0.1) is 23.2 Å². The maximum absolute atomic E-state index is 10.5. The minimum atomic E-state index is 0.166. The highest BCUT2D eigenvalue weighted by Gasteiger charge is 2.24. The van der Waals surface area contributed by atoms with E-state index in [1.165, 1.54) is 0 Å². The Kier molecular flexibility index (Phi) is 4.78. The lowest BCUT2D eigenvalue weighted by Crippen LogP contribution is -2.33. The van der Waals surface area contributed by atoms with Crippen LogP contribution in [0.15, 0.2) is 18.3 Å². The van der Waals surface area contributed by atoms with Gasteiger partial charge in [-0.1, -0.05) is 0 Å². The van der Waals surface area contributed by atoms with Gasteiger partial charge in [-0.05, 0) is 38.8 Å². The summed E-state index contributed by atoms with van der Waals surface area (Å²) in [5.41, 5.74) is 4.37. The molecule has 1 fully saturated rings. The number of benzene rings is 1. The number of nitrogens with zero attached hydrogens (tertiary/aromatic N) is 3. The van der Waals surface area contributed by atoms with Crippen molar-refractivity contribution in [3.05, 3.63) is 35.3 Å². The molecule has 6 heteroatoms. The van der Waals surface area contributed by atoms with E-state index in [-0.39, 0.29) is 5.75 Å². The van der Waals surface area contributed by atoms with E-state index < -0.39 is 0 Å².